The minimum absolute atomic E-state index is 0. The third kappa shape index (κ3) is 3.60. The van der Waals surface area contributed by atoms with E-state index in [2.05, 4.69) is 9.39 Å². The predicted molar refractivity (Wildman–Crippen MR) is 39.4 cm³/mol. The average Bonchev–Trinajstić information content (AvgIpc) is 1.94. The maximum Gasteiger partial charge on any atom is 1.00 e. The third-order valence-electron chi connectivity index (χ3n) is 1.74. The van der Waals surface area contributed by atoms with Gasteiger partial charge in [0.05, 0.1) is 11.9 Å². The van der Waals surface area contributed by atoms with E-state index in [1.165, 1.54) is 0 Å². The fourth-order valence-corrected chi connectivity index (χ4v) is 1.40. The molecule has 1 saturated heterocycles. The number of carboxylic acid groups (broad SMARTS) is 1. The van der Waals surface area contributed by atoms with E-state index in [0.29, 0.717) is 13.0 Å². The van der Waals surface area contributed by atoms with E-state index in [1.54, 1.807) is 4.67 Å². The van der Waals surface area contributed by atoms with Crippen LogP contribution in [0.3, 0.4) is 0 Å². The average molecular weight is 260 g/mol. The molecule has 4 nitrogen and oxygen atoms in total. The van der Waals surface area contributed by atoms with Gasteiger partial charge in [-0.2, -0.15) is 0 Å². The van der Waals surface area contributed by atoms with Gasteiger partial charge in [0.15, 0.2) is 0 Å². The molecule has 0 N–H and O–H groups in total. The second-order valence-corrected chi connectivity index (χ2v) is 3.31. The Bertz CT molecular complexity index is 199. The molecule has 1 aliphatic heterocycles. The Morgan fingerprint density at radius 2 is 2.25 bits per heavy atom. The molecule has 0 bridgehead atoms. The van der Waals surface area contributed by atoms with Gasteiger partial charge in [0.25, 0.3) is 0 Å². The van der Waals surface area contributed by atoms with Crippen LogP contribution in [0.25, 0.3) is 0 Å². The van der Waals surface area contributed by atoms with Crippen LogP contribution in [0.1, 0.15) is 6.42 Å². The second-order valence-electron chi connectivity index (χ2n) is 2.58. The summed E-state index contributed by atoms with van der Waals surface area (Å²) >= 11 is 0. The van der Waals surface area contributed by atoms with E-state index < -0.39 is 11.9 Å². The van der Waals surface area contributed by atoms with Crippen LogP contribution in [-0.4, -0.2) is 29.5 Å². The zero-order chi connectivity index (χ0) is 8.43. The number of carboxylic acids is 1. The van der Waals surface area contributed by atoms with Crippen LogP contribution in [0, 0.1) is 5.92 Å². The molecule has 0 aromatic rings. The van der Waals surface area contributed by atoms with E-state index in [-0.39, 0.29) is 70.5 Å². The van der Waals surface area contributed by atoms with Crippen molar-refractivity contribution in [3.05, 3.63) is 0 Å². The fraction of sp³-hybridized carbons (Fsp3) is 0.667. The van der Waals surface area contributed by atoms with Gasteiger partial charge in [0.2, 0.25) is 0 Å². The van der Waals surface area contributed by atoms with E-state index in [0.717, 1.165) is 0 Å². The normalized spacial score (nSPS) is 24.8. The number of piperidine rings is 1. The zero-order valence-electron chi connectivity index (χ0n) is 6.95. The zero-order valence-corrected chi connectivity index (χ0v) is 13.0. The van der Waals surface area contributed by atoms with Crippen molar-refractivity contribution < 1.29 is 72.9 Å². The summed E-state index contributed by atoms with van der Waals surface area (Å²) in [6, 6.07) is 0. The van der Waals surface area contributed by atoms with Gasteiger partial charge in [-0.15, -0.1) is 0 Å². The van der Waals surface area contributed by atoms with Crippen molar-refractivity contribution in [2.24, 2.45) is 5.92 Å². The number of hydrogen-bond acceptors (Lipinski definition) is 4. The van der Waals surface area contributed by atoms with Gasteiger partial charge in [-0.1, -0.05) is 9.39 Å². The predicted octanol–water partition coefficient (Wildman–Crippen LogP) is -4.58. The van der Waals surface area contributed by atoms with Crippen LogP contribution in [-0.2, 0) is 9.59 Å². The van der Waals surface area contributed by atoms with Crippen molar-refractivity contribution in [3.63, 3.8) is 0 Å². The molecule has 1 aliphatic rings. The number of carbonyl (C=O) groups excluding carboxylic acids is 2. The molecule has 1 heterocycles. The summed E-state index contributed by atoms with van der Waals surface area (Å²) in [7, 11) is 2.38. The summed E-state index contributed by atoms with van der Waals surface area (Å²) < 4.78 is 1.74. The van der Waals surface area contributed by atoms with Crippen molar-refractivity contribution in [3.8, 4) is 0 Å². The Labute approximate surface area is 122 Å². The molecule has 2 unspecified atom stereocenters. The second kappa shape index (κ2) is 5.94. The van der Waals surface area contributed by atoms with Gasteiger partial charge in [-0.3, -0.25) is 9.46 Å². The molecular weight excluding hydrogens is 251 g/mol. The Kier molecular flexibility index (Phi) is 6.60. The van der Waals surface area contributed by atoms with Gasteiger partial charge < -0.3 is 9.90 Å². The number of hydrogen-bond donors (Lipinski definition) is 0. The first-order chi connectivity index (χ1) is 5.11. The molecule has 1 rings (SSSR count). The molecule has 1 fully saturated rings. The van der Waals surface area contributed by atoms with Crippen LogP contribution >= 0.6 is 9.39 Å². The number of ketones is 1. The molecule has 0 aromatic carbocycles. The Balaban J connectivity index is 0.00000121. The van der Waals surface area contributed by atoms with Gasteiger partial charge in [0.1, 0.15) is 5.78 Å². The molecule has 0 saturated carbocycles. The summed E-state index contributed by atoms with van der Waals surface area (Å²) in [5, 5.41) is 10.3. The van der Waals surface area contributed by atoms with Gasteiger partial charge >= 0.3 is 58.2 Å². The van der Waals surface area contributed by atoms with Crippen molar-refractivity contribution in [1.29, 1.82) is 0 Å². The van der Waals surface area contributed by atoms with Crippen molar-refractivity contribution in [2.45, 2.75) is 6.42 Å². The molecule has 2 atom stereocenters. The summed E-state index contributed by atoms with van der Waals surface area (Å²) in [4.78, 5) is 21.3. The van der Waals surface area contributed by atoms with Crippen LogP contribution in [0.2, 0.25) is 0 Å². The van der Waals surface area contributed by atoms with Crippen LogP contribution in [0.5, 0.6) is 0 Å². The fourth-order valence-electron chi connectivity index (χ4n) is 1.06. The standard InChI is InChI=1S/C6H10NO3P.Rb/c8-5-1-2-7(11)3-4(5)6(9)10;/h4H,1-3,11H2,(H,9,10);/q;+1/p-1. The molecule has 0 aliphatic carbocycles. The summed E-state index contributed by atoms with van der Waals surface area (Å²) in [5.41, 5.74) is 0. The van der Waals surface area contributed by atoms with E-state index in [4.69, 9.17) is 0 Å². The van der Waals surface area contributed by atoms with Crippen molar-refractivity contribution in [2.75, 3.05) is 13.1 Å². The van der Waals surface area contributed by atoms with Crippen molar-refractivity contribution >= 4 is 21.1 Å². The molecular formula is C6H9NO3PRb. The SMILES string of the molecule is O=C([O-])C1CN(P)CCC1=O.[Rb+]. The molecule has 0 amide bonds. The first kappa shape index (κ1) is 13.3. The number of nitrogens with zero attached hydrogens (tertiary/aromatic N) is 1. The Morgan fingerprint density at radius 3 is 2.67 bits per heavy atom. The van der Waals surface area contributed by atoms with E-state index >= 15 is 0 Å². The van der Waals surface area contributed by atoms with E-state index in [1.807, 2.05) is 0 Å². The topological polar surface area (TPSA) is 60.4 Å². The quantitative estimate of drug-likeness (QED) is 0.351. The van der Waals surface area contributed by atoms with Crippen LogP contribution in [0.4, 0.5) is 0 Å². The Hall–Kier alpha value is 1.34. The van der Waals surface area contributed by atoms with Crippen LogP contribution in [0.15, 0.2) is 0 Å². The maximum absolute atomic E-state index is 10.9. The minimum Gasteiger partial charge on any atom is -0.549 e. The molecule has 0 spiro atoms. The first-order valence-corrected chi connectivity index (χ1v) is 3.86. The summed E-state index contributed by atoms with van der Waals surface area (Å²) in [6.07, 6.45) is 0.308. The first-order valence-electron chi connectivity index (χ1n) is 3.34. The number of Topliss-reactive ketones (excluding diaryl/α,β-unsaturated/α-hetero) is 1. The summed E-state index contributed by atoms with van der Waals surface area (Å²) in [6.45, 7) is 0.874. The number of rotatable bonds is 1. The van der Waals surface area contributed by atoms with Gasteiger partial charge in [-0.05, 0) is 0 Å². The maximum atomic E-state index is 10.9. The van der Waals surface area contributed by atoms with Gasteiger partial charge in [-0.25, -0.2) is 0 Å². The summed E-state index contributed by atoms with van der Waals surface area (Å²) in [5.74, 6) is -2.41. The third-order valence-corrected chi connectivity index (χ3v) is 2.20. The molecule has 0 radical (unpaired) electrons. The smallest absolute Gasteiger partial charge is 0.549 e. The Morgan fingerprint density at radius 1 is 1.67 bits per heavy atom. The number of carbonyl (C=O) groups is 2. The molecule has 62 valence electrons. The molecule has 0 aromatic heterocycles. The number of aliphatic carboxylic acids is 1. The van der Waals surface area contributed by atoms with E-state index in [9.17, 15) is 14.7 Å². The minimum atomic E-state index is -1.26. The van der Waals surface area contributed by atoms with Crippen molar-refractivity contribution in [1.82, 2.24) is 4.67 Å². The molecule has 6 heteroatoms. The monoisotopic (exact) mass is 259 g/mol. The van der Waals surface area contributed by atoms with Crippen LogP contribution < -0.4 is 63.3 Å². The molecule has 12 heavy (non-hydrogen) atoms. The van der Waals surface area contributed by atoms with Gasteiger partial charge in [0, 0.05) is 19.5 Å². The largest absolute Gasteiger partial charge is 1.00 e.